The van der Waals surface area contributed by atoms with Crippen LogP contribution in [0.4, 0.5) is 0 Å². The zero-order valence-electron chi connectivity index (χ0n) is 7.16. The highest BCUT2D eigenvalue weighted by molar-refractivity contribution is 9.10. The van der Waals surface area contributed by atoms with Gasteiger partial charge in [-0.05, 0) is 46.6 Å². The Bertz CT molecular complexity index is 450. The number of pyridine rings is 1. The normalized spacial score (nSPS) is 11.0. The first-order valence-corrected chi connectivity index (χ1v) is 4.75. The molecule has 1 N–H and O–H groups in total. The number of hydrogen-bond donors (Lipinski definition) is 1. The Kier molecular flexibility index (Phi) is 2.09. The molecule has 0 saturated carbocycles. The fraction of sp³-hybridized carbons (Fsp3) is 0.222. The number of fused-ring (bicyclic) bond motifs is 1. The molecule has 0 aliphatic heterocycles. The van der Waals surface area contributed by atoms with E-state index in [0.29, 0.717) is 5.69 Å². The molecule has 2 aromatic heterocycles. The highest BCUT2D eigenvalue weighted by Gasteiger charge is 2.03. The molecule has 2 heterocycles. The minimum Gasteiger partial charge on any atom is -0.390 e. The van der Waals surface area contributed by atoms with Crippen LogP contribution in [0.15, 0.2) is 22.8 Å². The largest absolute Gasteiger partial charge is 0.390 e. The average Bonchev–Trinajstić information content (AvgIpc) is 2.47. The van der Waals surface area contributed by atoms with Crippen molar-refractivity contribution < 1.29 is 5.11 Å². The molecular weight excluding hydrogens is 232 g/mol. The zero-order chi connectivity index (χ0) is 9.42. The first-order valence-electron chi connectivity index (χ1n) is 3.96. The summed E-state index contributed by atoms with van der Waals surface area (Å²) >= 11 is 3.41. The topological polar surface area (TPSA) is 37.5 Å². The van der Waals surface area contributed by atoms with Crippen LogP contribution in [0.5, 0.6) is 0 Å². The molecule has 0 aliphatic rings. The third-order valence-corrected chi connectivity index (χ3v) is 2.44. The SMILES string of the molecule is Cc1cc(Br)n2nc(CO)cc2c1. The van der Waals surface area contributed by atoms with Crippen molar-refractivity contribution in [1.82, 2.24) is 9.61 Å². The fourth-order valence-corrected chi connectivity index (χ4v) is 1.97. The Morgan fingerprint density at radius 1 is 1.46 bits per heavy atom. The lowest BCUT2D eigenvalue weighted by Gasteiger charge is -1.98. The third-order valence-electron chi connectivity index (χ3n) is 1.87. The summed E-state index contributed by atoms with van der Waals surface area (Å²) in [4.78, 5) is 0. The van der Waals surface area contributed by atoms with Gasteiger partial charge in [-0.3, -0.25) is 0 Å². The van der Waals surface area contributed by atoms with E-state index in [2.05, 4.69) is 21.0 Å². The van der Waals surface area contributed by atoms with Gasteiger partial charge in [-0.2, -0.15) is 5.10 Å². The van der Waals surface area contributed by atoms with Crippen molar-refractivity contribution in [1.29, 1.82) is 0 Å². The van der Waals surface area contributed by atoms with Gasteiger partial charge in [-0.1, -0.05) is 0 Å². The molecule has 68 valence electrons. The molecule has 0 fully saturated rings. The maximum absolute atomic E-state index is 8.91. The minimum atomic E-state index is -0.0207. The van der Waals surface area contributed by atoms with Crippen LogP contribution >= 0.6 is 15.9 Å². The van der Waals surface area contributed by atoms with Gasteiger partial charge in [0, 0.05) is 0 Å². The number of hydrogen-bond acceptors (Lipinski definition) is 2. The van der Waals surface area contributed by atoms with Crippen molar-refractivity contribution in [3.63, 3.8) is 0 Å². The standard InChI is InChI=1S/C9H9BrN2O/c1-6-2-8-4-7(5-13)11-12(8)9(10)3-6/h2-4,13H,5H2,1H3. The summed E-state index contributed by atoms with van der Waals surface area (Å²) in [5.41, 5.74) is 2.85. The summed E-state index contributed by atoms with van der Waals surface area (Å²) in [5, 5.41) is 13.1. The molecule has 3 nitrogen and oxygen atoms in total. The summed E-state index contributed by atoms with van der Waals surface area (Å²) in [7, 11) is 0. The maximum Gasteiger partial charge on any atom is 0.108 e. The molecule has 0 spiro atoms. The Labute approximate surface area is 84.1 Å². The predicted octanol–water partition coefficient (Wildman–Crippen LogP) is 1.90. The second-order valence-corrected chi connectivity index (χ2v) is 3.80. The van der Waals surface area contributed by atoms with Crippen molar-refractivity contribution in [2.24, 2.45) is 0 Å². The molecular formula is C9H9BrN2O. The van der Waals surface area contributed by atoms with Gasteiger partial charge in [0.15, 0.2) is 0 Å². The lowest BCUT2D eigenvalue weighted by molar-refractivity contribution is 0.276. The molecule has 0 aliphatic carbocycles. The van der Waals surface area contributed by atoms with E-state index in [1.165, 1.54) is 5.56 Å². The van der Waals surface area contributed by atoms with E-state index in [1.54, 1.807) is 4.52 Å². The zero-order valence-corrected chi connectivity index (χ0v) is 8.74. The van der Waals surface area contributed by atoms with Gasteiger partial charge in [0.1, 0.15) is 4.60 Å². The molecule has 13 heavy (non-hydrogen) atoms. The number of aromatic nitrogens is 2. The van der Waals surface area contributed by atoms with Crippen molar-refractivity contribution in [3.05, 3.63) is 34.1 Å². The van der Waals surface area contributed by atoms with Gasteiger partial charge in [0.25, 0.3) is 0 Å². The van der Waals surface area contributed by atoms with Gasteiger partial charge < -0.3 is 5.11 Å². The van der Waals surface area contributed by atoms with Crippen LogP contribution in [-0.4, -0.2) is 14.7 Å². The number of aliphatic hydroxyl groups excluding tert-OH is 1. The molecule has 2 aromatic rings. The molecule has 0 unspecified atom stereocenters. The van der Waals surface area contributed by atoms with E-state index in [9.17, 15) is 0 Å². The van der Waals surface area contributed by atoms with Crippen molar-refractivity contribution in [2.75, 3.05) is 0 Å². The second kappa shape index (κ2) is 3.12. The molecule has 0 radical (unpaired) electrons. The van der Waals surface area contributed by atoms with E-state index in [-0.39, 0.29) is 6.61 Å². The highest BCUT2D eigenvalue weighted by atomic mass is 79.9. The maximum atomic E-state index is 8.91. The highest BCUT2D eigenvalue weighted by Crippen LogP contribution is 2.17. The Morgan fingerprint density at radius 2 is 2.23 bits per heavy atom. The summed E-state index contributed by atoms with van der Waals surface area (Å²) < 4.78 is 2.67. The van der Waals surface area contributed by atoms with Crippen LogP contribution in [-0.2, 0) is 6.61 Å². The lowest BCUT2D eigenvalue weighted by Crippen LogP contribution is -1.91. The van der Waals surface area contributed by atoms with E-state index in [4.69, 9.17) is 5.11 Å². The molecule has 0 bridgehead atoms. The number of aryl methyl sites for hydroxylation is 1. The molecule has 0 aromatic carbocycles. The quantitative estimate of drug-likeness (QED) is 0.774. The number of nitrogens with zero attached hydrogens (tertiary/aromatic N) is 2. The summed E-state index contributed by atoms with van der Waals surface area (Å²) in [5.74, 6) is 0. The average molecular weight is 241 g/mol. The monoisotopic (exact) mass is 240 g/mol. The smallest absolute Gasteiger partial charge is 0.108 e. The molecule has 0 amide bonds. The molecule has 0 saturated heterocycles. The Morgan fingerprint density at radius 3 is 2.92 bits per heavy atom. The van der Waals surface area contributed by atoms with E-state index in [1.807, 2.05) is 25.1 Å². The minimum absolute atomic E-state index is 0.0207. The van der Waals surface area contributed by atoms with E-state index < -0.39 is 0 Å². The Balaban J connectivity index is 2.75. The van der Waals surface area contributed by atoms with Crippen molar-refractivity contribution in [2.45, 2.75) is 13.5 Å². The number of halogens is 1. The van der Waals surface area contributed by atoms with Gasteiger partial charge in [-0.25, -0.2) is 4.52 Å². The van der Waals surface area contributed by atoms with Gasteiger partial charge in [0.05, 0.1) is 17.8 Å². The van der Waals surface area contributed by atoms with Gasteiger partial charge in [-0.15, -0.1) is 0 Å². The Hall–Kier alpha value is -0.870. The van der Waals surface area contributed by atoms with Crippen LogP contribution < -0.4 is 0 Å². The van der Waals surface area contributed by atoms with E-state index >= 15 is 0 Å². The third kappa shape index (κ3) is 1.47. The van der Waals surface area contributed by atoms with Gasteiger partial charge in [0.2, 0.25) is 0 Å². The van der Waals surface area contributed by atoms with Crippen LogP contribution in [0.1, 0.15) is 11.3 Å². The first kappa shape index (κ1) is 8.72. The van der Waals surface area contributed by atoms with Crippen LogP contribution in [0, 0.1) is 6.92 Å². The van der Waals surface area contributed by atoms with Crippen molar-refractivity contribution in [3.8, 4) is 0 Å². The lowest BCUT2D eigenvalue weighted by atomic mass is 10.3. The summed E-state index contributed by atoms with van der Waals surface area (Å²) in [6.07, 6.45) is 0. The summed E-state index contributed by atoms with van der Waals surface area (Å²) in [6, 6.07) is 5.88. The number of rotatable bonds is 1. The van der Waals surface area contributed by atoms with Crippen LogP contribution in [0.3, 0.4) is 0 Å². The molecule has 2 rings (SSSR count). The molecule has 4 heteroatoms. The van der Waals surface area contributed by atoms with Gasteiger partial charge >= 0.3 is 0 Å². The summed E-state index contributed by atoms with van der Waals surface area (Å²) in [6.45, 7) is 2.00. The molecule has 0 atom stereocenters. The van der Waals surface area contributed by atoms with E-state index in [0.717, 1.165) is 10.1 Å². The van der Waals surface area contributed by atoms with Crippen LogP contribution in [0.2, 0.25) is 0 Å². The first-order chi connectivity index (χ1) is 6.20. The second-order valence-electron chi connectivity index (χ2n) is 2.99. The fourth-order valence-electron chi connectivity index (χ4n) is 1.32. The predicted molar refractivity (Wildman–Crippen MR) is 53.6 cm³/mol. The number of aliphatic hydroxyl groups is 1. The van der Waals surface area contributed by atoms with Crippen molar-refractivity contribution >= 4 is 21.4 Å². The van der Waals surface area contributed by atoms with Crippen LogP contribution in [0.25, 0.3) is 5.52 Å².